The number of nitrogens with one attached hydrogen (secondary N) is 2. The average Bonchev–Trinajstić information content (AvgIpc) is 2.99. The lowest BCUT2D eigenvalue weighted by molar-refractivity contribution is 0.602. The number of hydrogen-bond acceptors (Lipinski definition) is 4. The van der Waals surface area contributed by atoms with E-state index in [1.54, 1.807) is 18.5 Å². The summed E-state index contributed by atoms with van der Waals surface area (Å²) in [4.78, 5) is 8.55. The van der Waals surface area contributed by atoms with Crippen LogP contribution in [0.15, 0.2) is 50.9 Å². The van der Waals surface area contributed by atoms with Crippen molar-refractivity contribution < 1.29 is 4.39 Å². The second-order valence-electron chi connectivity index (χ2n) is 4.45. The van der Waals surface area contributed by atoms with Gasteiger partial charge in [0.05, 0.1) is 10.6 Å². The Labute approximate surface area is 143 Å². The van der Waals surface area contributed by atoms with Gasteiger partial charge in [-0.25, -0.2) is 4.39 Å². The van der Waals surface area contributed by atoms with Crippen molar-refractivity contribution in [2.24, 2.45) is 0 Å². The number of H-pyrrole nitrogens is 1. The van der Waals surface area contributed by atoms with E-state index in [9.17, 15) is 4.39 Å². The van der Waals surface area contributed by atoms with Crippen molar-refractivity contribution in [3.05, 3.63) is 52.6 Å². The summed E-state index contributed by atoms with van der Waals surface area (Å²) in [6.45, 7) is 0. The number of fused-ring (bicyclic) bond motifs is 1. The minimum Gasteiger partial charge on any atom is -0.361 e. The lowest BCUT2D eigenvalue weighted by Crippen LogP contribution is -1.96. The van der Waals surface area contributed by atoms with Crippen LogP contribution in [0.1, 0.15) is 5.69 Å². The highest BCUT2D eigenvalue weighted by Gasteiger charge is 2.14. The molecule has 0 aliphatic rings. The van der Waals surface area contributed by atoms with E-state index in [-0.39, 0.29) is 5.82 Å². The summed E-state index contributed by atoms with van der Waals surface area (Å²) in [5, 5.41) is 9.16. The van der Waals surface area contributed by atoms with Gasteiger partial charge in [0.25, 0.3) is 0 Å². The van der Waals surface area contributed by atoms with Crippen LogP contribution in [-0.2, 0) is 0 Å². The minimum absolute atomic E-state index is 0.287. The normalized spacial score (nSPS) is 11.0. The lowest BCUT2D eigenvalue weighted by atomic mass is 10.2. The molecule has 2 N–H and O–H groups in total. The van der Waals surface area contributed by atoms with Gasteiger partial charge in [-0.1, -0.05) is 11.8 Å². The average molecular weight is 396 g/mol. The quantitative estimate of drug-likeness (QED) is 0.466. The van der Waals surface area contributed by atoms with Gasteiger partial charge >= 0.3 is 0 Å². The fourth-order valence-electron chi connectivity index (χ4n) is 2.03. The van der Waals surface area contributed by atoms with Gasteiger partial charge in [-0.2, -0.15) is 0 Å². The highest BCUT2D eigenvalue weighted by molar-refractivity contribution is 9.10. The van der Waals surface area contributed by atoms with Crippen molar-refractivity contribution >= 4 is 55.4 Å². The number of rotatable bonds is 3. The molecule has 0 radical (unpaired) electrons. The Bertz CT molecular complexity index is 863. The van der Waals surface area contributed by atoms with Gasteiger partial charge in [0.15, 0.2) is 0 Å². The molecular weight excluding hydrogens is 385 g/mol. The Hall–Kier alpha value is -1.31. The molecule has 0 spiro atoms. The summed E-state index contributed by atoms with van der Waals surface area (Å²) in [6.07, 6.45) is 5.26. The molecule has 2 aromatic heterocycles. The molecule has 3 nitrogen and oxygen atoms in total. The topological polar surface area (TPSA) is 52.5 Å². The third kappa shape index (κ3) is 2.93. The first-order valence-corrected chi connectivity index (χ1v) is 9.15. The third-order valence-corrected chi connectivity index (χ3v) is 5.89. The molecule has 0 aliphatic heterocycles. The molecule has 7 heteroatoms. The zero-order chi connectivity index (χ0) is 15.7. The molecule has 1 aromatic carbocycles. The fourth-order valence-corrected chi connectivity index (χ4v) is 4.02. The summed E-state index contributed by atoms with van der Waals surface area (Å²) in [7, 11) is 0. The summed E-state index contributed by atoms with van der Waals surface area (Å²) in [5.74, 6) is -0.287. The van der Waals surface area contributed by atoms with Crippen LogP contribution in [0.4, 0.5) is 4.39 Å². The maximum atomic E-state index is 14.3. The molecule has 0 atom stereocenters. The second kappa shape index (κ2) is 6.44. The van der Waals surface area contributed by atoms with E-state index in [2.05, 4.69) is 25.9 Å². The lowest BCUT2D eigenvalue weighted by Gasteiger charge is -2.08. The Morgan fingerprint density at radius 2 is 2.18 bits per heavy atom. The van der Waals surface area contributed by atoms with Crippen molar-refractivity contribution in [2.45, 2.75) is 9.79 Å². The smallest absolute Gasteiger partial charge is 0.140 e. The standard InChI is InChI=1S/C15H11BrFN3S2/c1-21-15(18)12-6-8(2-4-20-12)22-14-10(17)7-11-9(13(14)16)3-5-19-11/h2-7,18-19H,1H3. The molecule has 0 fully saturated rings. The van der Waals surface area contributed by atoms with Crippen molar-refractivity contribution in [1.82, 2.24) is 9.97 Å². The van der Waals surface area contributed by atoms with E-state index < -0.39 is 0 Å². The van der Waals surface area contributed by atoms with Gasteiger partial charge in [-0.3, -0.25) is 10.4 Å². The number of hydrogen-bond donors (Lipinski definition) is 2. The summed E-state index contributed by atoms with van der Waals surface area (Å²) in [6, 6.07) is 7.02. The van der Waals surface area contributed by atoms with E-state index in [0.717, 1.165) is 20.3 Å². The molecule has 3 aromatic rings. The van der Waals surface area contributed by atoms with E-state index in [0.29, 0.717) is 15.6 Å². The first-order chi connectivity index (χ1) is 10.6. The monoisotopic (exact) mass is 395 g/mol. The van der Waals surface area contributed by atoms with Crippen molar-refractivity contribution in [3.8, 4) is 0 Å². The highest BCUT2D eigenvalue weighted by atomic mass is 79.9. The maximum absolute atomic E-state index is 14.3. The molecule has 0 amide bonds. The fraction of sp³-hybridized carbons (Fsp3) is 0.0667. The zero-order valence-corrected chi connectivity index (χ0v) is 14.7. The number of aromatic amines is 1. The van der Waals surface area contributed by atoms with Crippen LogP contribution in [0.25, 0.3) is 10.9 Å². The molecule has 0 unspecified atom stereocenters. The molecule has 0 saturated heterocycles. The molecular formula is C15H11BrFN3S2. The molecule has 3 rings (SSSR count). The summed E-state index contributed by atoms with van der Waals surface area (Å²) in [5.41, 5.74) is 1.35. The van der Waals surface area contributed by atoms with Crippen molar-refractivity contribution in [1.29, 1.82) is 5.41 Å². The number of nitrogens with zero attached hydrogens (tertiary/aromatic N) is 1. The van der Waals surface area contributed by atoms with E-state index in [1.807, 2.05) is 18.4 Å². The van der Waals surface area contributed by atoms with Gasteiger partial charge < -0.3 is 4.98 Å². The predicted octanol–water partition coefficient (Wildman–Crippen LogP) is 5.30. The van der Waals surface area contributed by atoms with Gasteiger partial charge in [0, 0.05) is 32.7 Å². The van der Waals surface area contributed by atoms with Crippen LogP contribution >= 0.6 is 39.5 Å². The Morgan fingerprint density at radius 3 is 2.95 bits per heavy atom. The SMILES string of the molecule is CSC(=N)c1cc(Sc2c(F)cc3[nH]ccc3c2Br)ccn1. The van der Waals surface area contributed by atoms with Gasteiger partial charge in [0.1, 0.15) is 10.9 Å². The number of halogens is 2. The van der Waals surface area contributed by atoms with Crippen LogP contribution < -0.4 is 0 Å². The number of aromatic nitrogens is 2. The van der Waals surface area contributed by atoms with Crippen LogP contribution in [0.5, 0.6) is 0 Å². The first-order valence-electron chi connectivity index (χ1n) is 6.32. The van der Waals surface area contributed by atoms with E-state index in [4.69, 9.17) is 5.41 Å². The van der Waals surface area contributed by atoms with Gasteiger partial charge in [0.2, 0.25) is 0 Å². The zero-order valence-electron chi connectivity index (χ0n) is 11.5. The largest absolute Gasteiger partial charge is 0.361 e. The number of benzene rings is 1. The molecule has 0 bridgehead atoms. The summed E-state index contributed by atoms with van der Waals surface area (Å²) >= 11 is 6.13. The Morgan fingerprint density at radius 1 is 1.36 bits per heavy atom. The van der Waals surface area contributed by atoms with E-state index in [1.165, 1.54) is 29.6 Å². The molecule has 112 valence electrons. The second-order valence-corrected chi connectivity index (χ2v) is 7.15. The van der Waals surface area contributed by atoms with Crippen molar-refractivity contribution in [3.63, 3.8) is 0 Å². The highest BCUT2D eigenvalue weighted by Crippen LogP contribution is 2.39. The number of pyridine rings is 1. The molecule has 0 aliphatic carbocycles. The number of thioether (sulfide) groups is 1. The Kier molecular flexibility index (Phi) is 4.56. The first kappa shape index (κ1) is 15.6. The minimum atomic E-state index is -0.287. The van der Waals surface area contributed by atoms with Gasteiger partial charge in [-0.05, 0) is 46.5 Å². The van der Waals surface area contributed by atoms with E-state index >= 15 is 0 Å². The van der Waals surface area contributed by atoms with Crippen LogP contribution in [0.2, 0.25) is 0 Å². The van der Waals surface area contributed by atoms with Crippen LogP contribution in [-0.4, -0.2) is 21.3 Å². The van der Waals surface area contributed by atoms with Gasteiger partial charge in [-0.15, -0.1) is 11.8 Å². The Balaban J connectivity index is 2.01. The molecule has 22 heavy (non-hydrogen) atoms. The maximum Gasteiger partial charge on any atom is 0.140 e. The van der Waals surface area contributed by atoms with Crippen LogP contribution in [0.3, 0.4) is 0 Å². The molecule has 2 heterocycles. The molecule has 0 saturated carbocycles. The summed E-state index contributed by atoms with van der Waals surface area (Å²) < 4.78 is 15.1. The predicted molar refractivity (Wildman–Crippen MR) is 94.7 cm³/mol. The third-order valence-electron chi connectivity index (χ3n) is 3.09. The van der Waals surface area contributed by atoms with Crippen molar-refractivity contribution in [2.75, 3.05) is 6.26 Å². The van der Waals surface area contributed by atoms with Crippen LogP contribution in [0, 0.1) is 11.2 Å².